The van der Waals surface area contributed by atoms with Gasteiger partial charge in [0, 0.05) is 17.6 Å². The van der Waals surface area contributed by atoms with Gasteiger partial charge < -0.3 is 9.72 Å². The molecule has 2 N–H and O–H groups in total. The van der Waals surface area contributed by atoms with Crippen molar-refractivity contribution in [3.63, 3.8) is 0 Å². The van der Waals surface area contributed by atoms with Crippen molar-refractivity contribution in [1.29, 1.82) is 0 Å². The average Bonchev–Trinajstić information content (AvgIpc) is 3.16. The van der Waals surface area contributed by atoms with Crippen molar-refractivity contribution in [2.75, 3.05) is 11.8 Å². The van der Waals surface area contributed by atoms with E-state index in [0.717, 1.165) is 16.5 Å². The molecule has 9 heteroatoms. The molecule has 2 heterocycles. The van der Waals surface area contributed by atoms with Crippen LogP contribution in [0.1, 0.15) is 5.69 Å². The fourth-order valence-corrected chi connectivity index (χ4v) is 3.74. The molecule has 29 heavy (non-hydrogen) atoms. The summed E-state index contributed by atoms with van der Waals surface area (Å²) in [7, 11) is -2.33. The molecule has 0 spiro atoms. The molecule has 0 aliphatic heterocycles. The Morgan fingerprint density at radius 1 is 1.03 bits per heavy atom. The van der Waals surface area contributed by atoms with Gasteiger partial charge in [0.05, 0.1) is 29.6 Å². The van der Waals surface area contributed by atoms with E-state index in [1.54, 1.807) is 18.3 Å². The van der Waals surface area contributed by atoms with Gasteiger partial charge in [0.1, 0.15) is 0 Å². The van der Waals surface area contributed by atoms with E-state index in [4.69, 9.17) is 4.74 Å². The molecule has 0 saturated carbocycles. The summed E-state index contributed by atoms with van der Waals surface area (Å²) >= 11 is 0. The maximum Gasteiger partial charge on any atom is 0.263 e. The Kier molecular flexibility index (Phi) is 4.96. The highest BCUT2D eigenvalue weighted by atomic mass is 32.2. The standard InChI is InChI=1S/C20H17N5O3S/c1-28-20-11-10-19(23-24-20)25-29(26,27)16-8-6-15(7-9-16)21-13-18-17-5-3-2-4-14(17)12-22-18/h2-13,22H,1H3,(H,23,25). The number of H-pyrrole nitrogens is 1. The van der Waals surface area contributed by atoms with Crippen LogP contribution < -0.4 is 9.46 Å². The number of aromatic nitrogens is 3. The van der Waals surface area contributed by atoms with Gasteiger partial charge in [-0.05, 0) is 35.7 Å². The van der Waals surface area contributed by atoms with Gasteiger partial charge >= 0.3 is 0 Å². The van der Waals surface area contributed by atoms with Crippen molar-refractivity contribution in [1.82, 2.24) is 15.2 Å². The van der Waals surface area contributed by atoms with Crippen LogP contribution in [-0.2, 0) is 10.0 Å². The summed E-state index contributed by atoms with van der Waals surface area (Å²) < 4.78 is 32.3. The summed E-state index contributed by atoms with van der Waals surface area (Å²) in [5.74, 6) is 0.400. The fourth-order valence-electron chi connectivity index (χ4n) is 2.74. The molecule has 4 aromatic rings. The van der Waals surface area contributed by atoms with E-state index < -0.39 is 10.0 Å². The highest BCUT2D eigenvalue weighted by Gasteiger charge is 2.15. The summed E-state index contributed by atoms with van der Waals surface area (Å²) in [6.07, 6.45) is 3.64. The van der Waals surface area contributed by atoms with Crippen molar-refractivity contribution in [2.24, 2.45) is 4.99 Å². The summed E-state index contributed by atoms with van der Waals surface area (Å²) in [6, 6.07) is 17.2. The Bertz CT molecular complexity index is 1260. The van der Waals surface area contributed by atoms with Crippen LogP contribution in [-0.4, -0.2) is 36.9 Å². The minimum Gasteiger partial charge on any atom is -0.480 e. The zero-order valence-corrected chi connectivity index (χ0v) is 16.2. The van der Waals surface area contributed by atoms with Gasteiger partial charge in [0.15, 0.2) is 5.82 Å². The number of hydrogen-bond acceptors (Lipinski definition) is 6. The van der Waals surface area contributed by atoms with Crippen LogP contribution in [0.15, 0.2) is 76.7 Å². The molecule has 2 aromatic heterocycles. The first-order valence-corrected chi connectivity index (χ1v) is 10.1. The Balaban J connectivity index is 1.50. The SMILES string of the molecule is COc1ccc(NS(=O)(=O)c2ccc(N=Cc3[nH]cc4ccccc34)cc2)nn1. The Morgan fingerprint density at radius 3 is 2.55 bits per heavy atom. The smallest absolute Gasteiger partial charge is 0.263 e. The Labute approximate surface area is 167 Å². The molecule has 0 saturated heterocycles. The number of aliphatic imine (C=N–C) groups is 1. The lowest BCUT2D eigenvalue weighted by Crippen LogP contribution is -2.14. The molecule has 0 amide bonds. The maximum absolute atomic E-state index is 12.5. The molecule has 4 rings (SSSR count). The first-order chi connectivity index (χ1) is 14.0. The van der Waals surface area contributed by atoms with Gasteiger partial charge in [-0.3, -0.25) is 9.71 Å². The monoisotopic (exact) mass is 407 g/mol. The first-order valence-electron chi connectivity index (χ1n) is 8.66. The number of anilines is 1. The number of rotatable bonds is 6. The molecule has 0 bridgehead atoms. The third kappa shape index (κ3) is 4.09. The number of sulfonamides is 1. The molecular weight excluding hydrogens is 390 g/mol. The van der Waals surface area contributed by atoms with Gasteiger partial charge in [0.25, 0.3) is 10.0 Å². The molecule has 0 aliphatic rings. The van der Waals surface area contributed by atoms with Gasteiger partial charge in [-0.25, -0.2) is 8.42 Å². The van der Waals surface area contributed by atoms with Crippen LogP contribution in [0.25, 0.3) is 10.8 Å². The molecule has 146 valence electrons. The fraction of sp³-hybridized carbons (Fsp3) is 0.0500. The predicted octanol–water partition coefficient (Wildman–Crippen LogP) is 3.52. The van der Waals surface area contributed by atoms with Crippen LogP contribution in [0.5, 0.6) is 5.88 Å². The molecule has 0 aliphatic carbocycles. The van der Waals surface area contributed by atoms with Gasteiger partial charge in [-0.15, -0.1) is 10.2 Å². The number of fused-ring (bicyclic) bond motifs is 1. The third-order valence-corrected chi connectivity index (χ3v) is 5.58. The molecule has 0 atom stereocenters. The average molecular weight is 407 g/mol. The van der Waals surface area contributed by atoms with Crippen molar-refractivity contribution in [3.05, 3.63) is 72.6 Å². The molecule has 0 unspecified atom stereocenters. The number of nitrogens with one attached hydrogen (secondary N) is 2. The van der Waals surface area contributed by atoms with Gasteiger partial charge in [-0.1, -0.05) is 24.3 Å². The number of ether oxygens (including phenoxy) is 1. The number of aromatic amines is 1. The lowest BCUT2D eigenvalue weighted by Gasteiger charge is -2.07. The lowest BCUT2D eigenvalue weighted by atomic mass is 10.2. The highest BCUT2D eigenvalue weighted by molar-refractivity contribution is 7.92. The summed E-state index contributed by atoms with van der Waals surface area (Å²) in [5, 5.41) is 9.68. The Hall–Kier alpha value is -3.72. The van der Waals surface area contributed by atoms with Crippen molar-refractivity contribution >= 4 is 38.5 Å². The van der Waals surface area contributed by atoms with E-state index >= 15 is 0 Å². The number of nitrogens with zero attached hydrogens (tertiary/aromatic N) is 3. The van der Waals surface area contributed by atoms with Gasteiger partial charge in [0.2, 0.25) is 5.88 Å². The minimum atomic E-state index is -3.79. The van der Waals surface area contributed by atoms with Crippen molar-refractivity contribution in [2.45, 2.75) is 4.90 Å². The topological polar surface area (TPSA) is 109 Å². The summed E-state index contributed by atoms with van der Waals surface area (Å²) in [6.45, 7) is 0. The zero-order chi connectivity index (χ0) is 20.3. The van der Waals surface area contributed by atoms with E-state index in [0.29, 0.717) is 11.6 Å². The lowest BCUT2D eigenvalue weighted by molar-refractivity contribution is 0.392. The van der Waals surface area contributed by atoms with Crippen LogP contribution in [0.3, 0.4) is 0 Å². The first kappa shape index (κ1) is 18.6. The van der Waals surface area contributed by atoms with E-state index in [1.165, 1.54) is 31.4 Å². The number of benzene rings is 2. The quantitative estimate of drug-likeness (QED) is 0.475. The van der Waals surface area contributed by atoms with Crippen LogP contribution in [0, 0.1) is 0 Å². The third-order valence-electron chi connectivity index (χ3n) is 4.21. The van der Waals surface area contributed by atoms with Gasteiger partial charge in [-0.2, -0.15) is 0 Å². The predicted molar refractivity (Wildman–Crippen MR) is 111 cm³/mol. The van der Waals surface area contributed by atoms with Crippen LogP contribution in [0.4, 0.5) is 11.5 Å². The summed E-state index contributed by atoms with van der Waals surface area (Å²) in [4.78, 5) is 7.69. The second-order valence-corrected chi connectivity index (χ2v) is 7.79. The number of hydrogen-bond donors (Lipinski definition) is 2. The van der Waals surface area contributed by atoms with E-state index in [9.17, 15) is 8.42 Å². The largest absolute Gasteiger partial charge is 0.480 e. The van der Waals surface area contributed by atoms with E-state index in [-0.39, 0.29) is 10.7 Å². The summed E-state index contributed by atoms with van der Waals surface area (Å²) in [5.41, 5.74) is 1.52. The molecule has 0 fully saturated rings. The molecule has 8 nitrogen and oxygen atoms in total. The Morgan fingerprint density at radius 2 is 1.83 bits per heavy atom. The minimum absolute atomic E-state index is 0.0967. The molecule has 0 radical (unpaired) electrons. The number of methoxy groups -OCH3 is 1. The van der Waals surface area contributed by atoms with E-state index in [2.05, 4.69) is 24.9 Å². The molecular formula is C20H17N5O3S. The van der Waals surface area contributed by atoms with Crippen molar-refractivity contribution < 1.29 is 13.2 Å². The highest BCUT2D eigenvalue weighted by Crippen LogP contribution is 2.21. The normalized spacial score (nSPS) is 11.8. The second kappa shape index (κ2) is 7.72. The van der Waals surface area contributed by atoms with Crippen LogP contribution in [0.2, 0.25) is 0 Å². The van der Waals surface area contributed by atoms with Crippen LogP contribution >= 0.6 is 0 Å². The second-order valence-electron chi connectivity index (χ2n) is 6.11. The molecule has 2 aromatic carbocycles. The maximum atomic E-state index is 12.5. The van der Waals surface area contributed by atoms with E-state index in [1.807, 2.05) is 30.5 Å². The zero-order valence-electron chi connectivity index (χ0n) is 15.4. The van der Waals surface area contributed by atoms with Crippen molar-refractivity contribution in [3.8, 4) is 5.88 Å².